The first-order chi connectivity index (χ1) is 61.1. The molecule has 3 aliphatic heterocycles. The molecule has 0 aromatic rings. The third-order valence-corrected chi connectivity index (χ3v) is 21.0. The van der Waals surface area contributed by atoms with Crippen LogP contribution in [0.25, 0.3) is 0 Å². The quantitative estimate of drug-likeness (QED) is 0.0209. The largest absolute Gasteiger partial charge is 0.394 e. The van der Waals surface area contributed by atoms with E-state index in [2.05, 4.69) is 63.8 Å². The number of allylic oxidation sites excluding steroid dienone is 1. The Morgan fingerprint density at radius 1 is 0.323 bits per heavy atom. The van der Waals surface area contributed by atoms with Crippen molar-refractivity contribution < 1.29 is 146 Å². The molecule has 3 fully saturated rings. The van der Waals surface area contributed by atoms with Crippen LogP contribution in [0.4, 0.5) is 0 Å². The van der Waals surface area contributed by atoms with E-state index < -0.39 is 135 Å². The zero-order valence-corrected chi connectivity index (χ0v) is 75.0. The third kappa shape index (κ3) is 52.0. The first kappa shape index (κ1) is 114. The molecule has 0 aromatic carbocycles. The van der Waals surface area contributed by atoms with Gasteiger partial charge in [0.2, 0.25) is 59.1 Å². The maximum atomic E-state index is 14.1. The number of carbonyl (C=O) groups is 12. The summed E-state index contributed by atoms with van der Waals surface area (Å²) in [4.78, 5) is 151. The minimum absolute atomic E-state index is 0.0326. The SMILES string of the molecule is C/C=C/C(=O)NCCCCCCNC(=O)CCCCCCCCCCC(=O)NC(COCCC(=O)NCCCNCC(=O)CCCCO[C@@H]1OC(CO)[C@@H](O)C(O)C1NC(C)=O)(COCCC(=O)NCCCNCC(=O)CCCCO[C@@H]1OC(CO)[C@@H](O)C(O)C1NC(C)=O)COCCC(=O)NCCCNC(=O)CCCCO[C@@H]1OC(CO)[C@@H](O)C(O)C1NC(C)=O. The molecule has 0 aliphatic carbocycles. The molecule has 3 aliphatic rings. The molecular weight excluding hydrogens is 1670 g/mol. The zero-order chi connectivity index (χ0) is 93.4. The molecule has 15 atom stereocenters. The second-order valence-electron chi connectivity index (χ2n) is 32.3. The Morgan fingerprint density at radius 2 is 0.606 bits per heavy atom. The minimum Gasteiger partial charge on any atom is -0.394 e. The van der Waals surface area contributed by atoms with Crippen LogP contribution in [0.5, 0.6) is 0 Å². The van der Waals surface area contributed by atoms with Gasteiger partial charge in [-0.05, 0) is 110 Å². The van der Waals surface area contributed by atoms with Crippen LogP contribution >= 0.6 is 0 Å². The summed E-state index contributed by atoms with van der Waals surface area (Å²) >= 11 is 0. The molecule has 3 rings (SSSR count). The van der Waals surface area contributed by atoms with Gasteiger partial charge in [-0.15, -0.1) is 0 Å². The lowest BCUT2D eigenvalue weighted by Crippen LogP contribution is -2.64. The molecule has 0 aromatic heterocycles. The molecule has 3 saturated heterocycles. The maximum Gasteiger partial charge on any atom is 0.243 e. The first-order valence-electron chi connectivity index (χ1n) is 45.3. The highest BCUT2D eigenvalue weighted by Gasteiger charge is 2.48. The Labute approximate surface area is 745 Å². The van der Waals surface area contributed by atoms with Gasteiger partial charge in [0.25, 0.3) is 0 Å². The van der Waals surface area contributed by atoms with Crippen LogP contribution in [0.1, 0.15) is 214 Å². The summed E-state index contributed by atoms with van der Waals surface area (Å²) in [5.41, 5.74) is -1.41. The number of rotatable bonds is 75. The number of aliphatic hydroxyl groups excluding tert-OH is 9. The lowest BCUT2D eigenvalue weighted by atomic mass is 9.97. The van der Waals surface area contributed by atoms with E-state index in [9.17, 15) is 103 Å². The van der Waals surface area contributed by atoms with Crippen LogP contribution in [-0.2, 0) is 100 Å². The zero-order valence-electron chi connectivity index (χ0n) is 75.0. The number of ether oxygens (including phenoxy) is 9. The fourth-order valence-electron chi connectivity index (χ4n) is 13.9. The summed E-state index contributed by atoms with van der Waals surface area (Å²) in [5.74, 6) is -3.32. The number of aliphatic hydroxyl groups is 9. The van der Waals surface area contributed by atoms with E-state index >= 15 is 0 Å². The van der Waals surface area contributed by atoms with Gasteiger partial charge in [0.05, 0.1) is 72.6 Å². The second-order valence-corrected chi connectivity index (χ2v) is 32.3. The average Bonchev–Trinajstić information content (AvgIpc) is 0.820. The van der Waals surface area contributed by atoms with E-state index in [1.165, 1.54) is 26.8 Å². The van der Waals surface area contributed by atoms with E-state index in [0.717, 1.165) is 70.6 Å². The van der Waals surface area contributed by atoms with Crippen molar-refractivity contribution in [2.45, 2.75) is 311 Å². The second kappa shape index (κ2) is 69.8. The molecule has 3 heterocycles. The molecule has 10 amide bonds. The molecule has 0 saturated carbocycles. The fourth-order valence-corrected chi connectivity index (χ4v) is 13.9. The summed E-state index contributed by atoms with van der Waals surface area (Å²) in [7, 11) is 0. The number of hydrogen-bond acceptors (Lipinski definition) is 32. The summed E-state index contributed by atoms with van der Waals surface area (Å²) in [6.07, 6.45) is 2.77. The van der Waals surface area contributed by atoms with E-state index in [0.29, 0.717) is 96.8 Å². The van der Waals surface area contributed by atoms with Crippen molar-refractivity contribution in [3.63, 3.8) is 0 Å². The Hall–Kier alpha value is -7.02. The van der Waals surface area contributed by atoms with Gasteiger partial charge in [-0.3, -0.25) is 57.5 Å². The Bertz CT molecular complexity index is 3050. The molecular formula is C85H152N12O30. The van der Waals surface area contributed by atoms with Gasteiger partial charge in [-0.1, -0.05) is 57.4 Å². The van der Waals surface area contributed by atoms with Crippen LogP contribution in [0.15, 0.2) is 12.2 Å². The highest BCUT2D eigenvalue weighted by molar-refractivity contribution is 5.87. The minimum atomic E-state index is -1.46. The number of Topliss-reactive ketones (excluding diaryl/α,β-unsaturated/α-hetero) is 2. The Balaban J connectivity index is 1.58. The predicted octanol–water partition coefficient (Wildman–Crippen LogP) is -3.32. The van der Waals surface area contributed by atoms with Gasteiger partial charge in [0.1, 0.15) is 90.2 Å². The summed E-state index contributed by atoms with van der Waals surface area (Å²) in [6, 6.07) is -3.26. The van der Waals surface area contributed by atoms with Crippen LogP contribution in [0.3, 0.4) is 0 Å². The number of ketones is 2. The van der Waals surface area contributed by atoms with Crippen molar-refractivity contribution in [1.82, 2.24) is 63.8 Å². The lowest BCUT2D eigenvalue weighted by molar-refractivity contribution is -0.270. The van der Waals surface area contributed by atoms with E-state index in [1.807, 2.05) is 0 Å². The van der Waals surface area contributed by atoms with Gasteiger partial charge in [0.15, 0.2) is 18.9 Å². The number of hydrogen-bond donors (Lipinski definition) is 21. The number of nitrogens with one attached hydrogen (secondary N) is 12. The number of amides is 10. The van der Waals surface area contributed by atoms with Gasteiger partial charge in [-0.25, -0.2) is 0 Å². The average molecular weight is 1820 g/mol. The number of unbranched alkanes of at least 4 members (excludes halogenated alkanes) is 13. The topological polar surface area (TPSA) is 614 Å². The van der Waals surface area contributed by atoms with Gasteiger partial charge >= 0.3 is 0 Å². The van der Waals surface area contributed by atoms with Crippen molar-refractivity contribution >= 4 is 70.6 Å². The Morgan fingerprint density at radius 3 is 0.937 bits per heavy atom. The monoisotopic (exact) mass is 1820 g/mol. The molecule has 9 unspecified atom stereocenters. The summed E-state index contributed by atoms with van der Waals surface area (Å²) in [5, 5.41) is 125. The summed E-state index contributed by atoms with van der Waals surface area (Å²) in [6.45, 7) is 6.17. The van der Waals surface area contributed by atoms with Crippen molar-refractivity contribution in [2.75, 3.05) is 145 Å². The molecule has 127 heavy (non-hydrogen) atoms. The van der Waals surface area contributed by atoms with Crippen LogP contribution < -0.4 is 63.8 Å². The van der Waals surface area contributed by atoms with Crippen LogP contribution in [-0.4, -0.2) is 359 Å². The highest BCUT2D eigenvalue weighted by Crippen LogP contribution is 2.26. The Kier molecular flexibility index (Phi) is 62.8. The molecule has 0 radical (unpaired) electrons. The van der Waals surface area contributed by atoms with Crippen molar-refractivity contribution in [3.05, 3.63) is 12.2 Å². The molecule has 42 heteroatoms. The van der Waals surface area contributed by atoms with E-state index in [-0.39, 0.29) is 197 Å². The van der Waals surface area contributed by atoms with E-state index in [1.54, 1.807) is 13.0 Å². The summed E-state index contributed by atoms with van der Waals surface area (Å²) < 4.78 is 52.4. The van der Waals surface area contributed by atoms with Crippen molar-refractivity contribution in [1.29, 1.82) is 0 Å². The van der Waals surface area contributed by atoms with Gasteiger partial charge in [-0.2, -0.15) is 0 Å². The predicted molar refractivity (Wildman–Crippen MR) is 460 cm³/mol. The molecule has 0 bridgehead atoms. The molecule has 21 N–H and O–H groups in total. The molecule has 42 nitrogen and oxygen atoms in total. The van der Waals surface area contributed by atoms with Crippen molar-refractivity contribution in [2.24, 2.45) is 0 Å². The normalized spacial score (nSPS) is 22.7. The van der Waals surface area contributed by atoms with Crippen LogP contribution in [0.2, 0.25) is 0 Å². The molecule has 732 valence electrons. The maximum absolute atomic E-state index is 14.1. The molecule has 0 spiro atoms. The lowest BCUT2D eigenvalue weighted by Gasteiger charge is -2.42. The van der Waals surface area contributed by atoms with Gasteiger partial charge < -0.3 is 152 Å². The standard InChI is InChI=1S/C85H152N12O30/c1-5-27-66(106)88-38-19-12-13-20-39-89-67(107)30-14-10-8-6-7-9-11-15-32-72(112)97-85(57-121-49-35-71(111)93-43-26-42-90-68(108)31-18-23-46-124-84-75(96-60(4)103)81(118)78(115)65(54-100)127-84,55-119-47-33-69(109)91-40-24-36-86-50-61(104)28-16-21-44-122-82-73(94-58(2)101)79(116)76(113)63(52-98)125-82)56-120-48-34-70(110)92-41-25-37-87-51-62(105)29-17-22-45-123-83-74(95-59(3)102)80(117)77(114)64(53-99)126-83/h5,27,63-65,73-84,86-87,98-100,113-118H,6-26,28-57H2,1-4H3,(H,88,106)(H,89,107)(H,90,108)(H,91,109)(H,92,110)(H,93,111)(H,94,101)(H,95,102)(H,96,103)(H,97,112)/b27-5+/t63?,64?,65?,73?,74?,75?,76-,77-,78-,79?,80?,81?,82-,83-,84-,85?/m1/s1. The number of carbonyl (C=O) groups excluding carboxylic acids is 12. The smallest absolute Gasteiger partial charge is 0.243 e. The third-order valence-electron chi connectivity index (χ3n) is 21.0. The fraction of sp³-hybridized carbons (Fsp3) is 0.835. The van der Waals surface area contributed by atoms with Crippen LogP contribution in [0, 0.1) is 0 Å². The van der Waals surface area contributed by atoms with E-state index in [4.69, 9.17) is 42.6 Å². The first-order valence-corrected chi connectivity index (χ1v) is 45.3. The van der Waals surface area contributed by atoms with Gasteiger partial charge in [0, 0.05) is 131 Å². The van der Waals surface area contributed by atoms with Crippen molar-refractivity contribution in [3.8, 4) is 0 Å². The highest BCUT2D eigenvalue weighted by atomic mass is 16.7.